The molecule has 5 heteroatoms. The Labute approximate surface area is 137 Å². The van der Waals surface area contributed by atoms with Crippen molar-refractivity contribution in [3.05, 3.63) is 66.0 Å². The van der Waals surface area contributed by atoms with Gasteiger partial charge in [-0.3, -0.25) is 0 Å². The zero-order valence-electron chi connectivity index (χ0n) is 13.3. The van der Waals surface area contributed by atoms with Gasteiger partial charge in [0.1, 0.15) is 5.82 Å². The van der Waals surface area contributed by atoms with E-state index < -0.39 is 15.7 Å². The lowest BCUT2D eigenvalue weighted by atomic mass is 10.1. The SMILES string of the molecule is CN(CCCS(=O)(=O)c1ccc(F)cc1)CCc1ccccc1. The quantitative estimate of drug-likeness (QED) is 0.696. The number of hydrogen-bond acceptors (Lipinski definition) is 3. The molecule has 124 valence electrons. The number of nitrogens with zero attached hydrogens (tertiary/aromatic N) is 1. The molecule has 0 amide bonds. The fourth-order valence-corrected chi connectivity index (χ4v) is 3.66. The zero-order chi connectivity index (χ0) is 16.7. The normalized spacial score (nSPS) is 11.8. The van der Waals surface area contributed by atoms with Crippen LogP contribution in [0.25, 0.3) is 0 Å². The molecule has 0 aromatic heterocycles. The van der Waals surface area contributed by atoms with Gasteiger partial charge in [0.25, 0.3) is 0 Å². The summed E-state index contributed by atoms with van der Waals surface area (Å²) in [7, 11) is -1.34. The van der Waals surface area contributed by atoms with E-state index in [4.69, 9.17) is 0 Å². The van der Waals surface area contributed by atoms with Crippen LogP contribution in [0.2, 0.25) is 0 Å². The maximum Gasteiger partial charge on any atom is 0.178 e. The van der Waals surface area contributed by atoms with Crippen LogP contribution in [0, 0.1) is 5.82 Å². The third-order valence-electron chi connectivity index (χ3n) is 3.75. The van der Waals surface area contributed by atoms with Crippen LogP contribution in [-0.4, -0.2) is 39.2 Å². The molecule has 0 aliphatic carbocycles. The van der Waals surface area contributed by atoms with Crippen LogP contribution in [0.3, 0.4) is 0 Å². The van der Waals surface area contributed by atoms with Gasteiger partial charge in [0, 0.05) is 6.54 Å². The molecule has 0 saturated heterocycles. The van der Waals surface area contributed by atoms with E-state index in [0.29, 0.717) is 13.0 Å². The Morgan fingerprint density at radius 1 is 0.957 bits per heavy atom. The molecular formula is C18H22FNO2S. The minimum Gasteiger partial charge on any atom is -0.306 e. The highest BCUT2D eigenvalue weighted by Crippen LogP contribution is 2.13. The van der Waals surface area contributed by atoms with E-state index in [1.54, 1.807) is 0 Å². The van der Waals surface area contributed by atoms with Gasteiger partial charge in [0.15, 0.2) is 9.84 Å². The summed E-state index contributed by atoms with van der Waals surface area (Å²) in [5, 5.41) is 0. The van der Waals surface area contributed by atoms with Crippen LogP contribution in [0.15, 0.2) is 59.5 Å². The molecule has 0 spiro atoms. The summed E-state index contributed by atoms with van der Waals surface area (Å²) in [6.45, 7) is 1.61. The maximum absolute atomic E-state index is 12.9. The molecule has 0 bridgehead atoms. The molecule has 2 aromatic carbocycles. The van der Waals surface area contributed by atoms with Crippen molar-refractivity contribution in [1.29, 1.82) is 0 Å². The first-order valence-corrected chi connectivity index (χ1v) is 9.33. The molecule has 0 heterocycles. The van der Waals surface area contributed by atoms with Crippen LogP contribution >= 0.6 is 0 Å². The Balaban J connectivity index is 1.76. The largest absolute Gasteiger partial charge is 0.306 e. The lowest BCUT2D eigenvalue weighted by molar-refractivity contribution is 0.339. The van der Waals surface area contributed by atoms with Crippen LogP contribution in [-0.2, 0) is 16.3 Å². The number of sulfone groups is 1. The van der Waals surface area contributed by atoms with Crippen molar-refractivity contribution >= 4 is 9.84 Å². The minimum atomic E-state index is -3.33. The summed E-state index contributed by atoms with van der Waals surface area (Å²) in [5.74, 6) is -0.349. The molecule has 0 atom stereocenters. The second-order valence-corrected chi connectivity index (χ2v) is 7.77. The van der Waals surface area contributed by atoms with Crippen molar-refractivity contribution in [1.82, 2.24) is 4.90 Å². The summed E-state index contributed by atoms with van der Waals surface area (Å²) in [6.07, 6.45) is 1.51. The molecule has 0 aliphatic rings. The molecule has 2 rings (SSSR count). The fourth-order valence-electron chi connectivity index (χ4n) is 2.36. The Morgan fingerprint density at radius 2 is 1.61 bits per heavy atom. The predicted molar refractivity (Wildman–Crippen MR) is 90.7 cm³/mol. The van der Waals surface area contributed by atoms with E-state index >= 15 is 0 Å². The summed E-state index contributed by atoms with van der Waals surface area (Å²) < 4.78 is 37.2. The van der Waals surface area contributed by atoms with Gasteiger partial charge in [-0.1, -0.05) is 30.3 Å². The average Bonchev–Trinajstić information content (AvgIpc) is 2.54. The lowest BCUT2D eigenvalue weighted by Crippen LogP contribution is -2.24. The summed E-state index contributed by atoms with van der Waals surface area (Å²) >= 11 is 0. The van der Waals surface area contributed by atoms with Gasteiger partial charge in [-0.15, -0.1) is 0 Å². The predicted octanol–water partition coefficient (Wildman–Crippen LogP) is 3.16. The topological polar surface area (TPSA) is 37.4 Å². The first kappa shape index (κ1) is 17.6. The van der Waals surface area contributed by atoms with Gasteiger partial charge >= 0.3 is 0 Å². The van der Waals surface area contributed by atoms with Crippen LogP contribution in [0.1, 0.15) is 12.0 Å². The van der Waals surface area contributed by atoms with Crippen molar-refractivity contribution < 1.29 is 12.8 Å². The average molecular weight is 335 g/mol. The first-order valence-electron chi connectivity index (χ1n) is 7.68. The molecule has 2 aromatic rings. The standard InChI is InChI=1S/C18H22FNO2S/c1-20(14-12-16-6-3-2-4-7-16)13-5-15-23(21,22)18-10-8-17(19)9-11-18/h2-4,6-11H,5,12-15H2,1H3. The Hall–Kier alpha value is -1.72. The molecule has 0 aliphatic heterocycles. The van der Waals surface area contributed by atoms with Gasteiger partial charge in [0.05, 0.1) is 10.6 Å². The molecule has 0 N–H and O–H groups in total. The van der Waals surface area contributed by atoms with Crippen molar-refractivity contribution in [3.8, 4) is 0 Å². The minimum absolute atomic E-state index is 0.0777. The van der Waals surface area contributed by atoms with E-state index in [-0.39, 0.29) is 10.6 Å². The smallest absolute Gasteiger partial charge is 0.178 e. The zero-order valence-corrected chi connectivity index (χ0v) is 14.1. The van der Waals surface area contributed by atoms with E-state index in [1.165, 1.54) is 29.8 Å². The summed E-state index contributed by atoms with van der Waals surface area (Å²) in [5.41, 5.74) is 1.28. The van der Waals surface area contributed by atoms with Crippen molar-refractivity contribution in [2.75, 3.05) is 25.9 Å². The molecule has 23 heavy (non-hydrogen) atoms. The third kappa shape index (κ3) is 5.77. The van der Waals surface area contributed by atoms with Gasteiger partial charge < -0.3 is 4.90 Å². The second-order valence-electron chi connectivity index (χ2n) is 5.67. The van der Waals surface area contributed by atoms with Gasteiger partial charge in [-0.05, 0) is 56.3 Å². The maximum atomic E-state index is 12.9. The van der Waals surface area contributed by atoms with Crippen LogP contribution in [0.5, 0.6) is 0 Å². The second kappa shape index (κ2) is 8.22. The lowest BCUT2D eigenvalue weighted by Gasteiger charge is -2.16. The molecule has 0 unspecified atom stereocenters. The van der Waals surface area contributed by atoms with Gasteiger partial charge in [0.2, 0.25) is 0 Å². The molecule has 3 nitrogen and oxygen atoms in total. The van der Waals surface area contributed by atoms with Gasteiger partial charge in [-0.25, -0.2) is 12.8 Å². The highest BCUT2D eigenvalue weighted by molar-refractivity contribution is 7.91. The number of benzene rings is 2. The fraction of sp³-hybridized carbons (Fsp3) is 0.333. The highest BCUT2D eigenvalue weighted by atomic mass is 32.2. The number of hydrogen-bond donors (Lipinski definition) is 0. The number of rotatable bonds is 8. The van der Waals surface area contributed by atoms with E-state index in [1.807, 2.05) is 25.2 Å². The molecule has 0 saturated carbocycles. The molecule has 0 fully saturated rings. The summed E-state index contributed by atoms with van der Waals surface area (Å²) in [6, 6.07) is 15.2. The van der Waals surface area contributed by atoms with E-state index in [9.17, 15) is 12.8 Å². The van der Waals surface area contributed by atoms with Crippen molar-refractivity contribution in [3.63, 3.8) is 0 Å². The Kier molecular flexibility index (Phi) is 6.30. The van der Waals surface area contributed by atoms with E-state index in [2.05, 4.69) is 17.0 Å². The first-order chi connectivity index (χ1) is 11.0. The van der Waals surface area contributed by atoms with Crippen molar-refractivity contribution in [2.45, 2.75) is 17.7 Å². The number of likely N-dealkylation sites (N-methyl/N-ethyl adjacent to an activating group) is 1. The highest BCUT2D eigenvalue weighted by Gasteiger charge is 2.14. The Bertz CT molecular complexity index is 700. The summed E-state index contributed by atoms with van der Waals surface area (Å²) in [4.78, 5) is 2.32. The van der Waals surface area contributed by atoms with Gasteiger partial charge in [-0.2, -0.15) is 0 Å². The van der Waals surface area contributed by atoms with Crippen LogP contribution in [0.4, 0.5) is 4.39 Å². The third-order valence-corrected chi connectivity index (χ3v) is 5.57. The Morgan fingerprint density at radius 3 is 2.26 bits per heavy atom. The van der Waals surface area contributed by atoms with Crippen LogP contribution < -0.4 is 0 Å². The number of halogens is 1. The van der Waals surface area contributed by atoms with Crippen molar-refractivity contribution in [2.24, 2.45) is 0 Å². The molecular weight excluding hydrogens is 313 g/mol. The monoisotopic (exact) mass is 335 g/mol. The molecule has 0 radical (unpaired) electrons. The van der Waals surface area contributed by atoms with E-state index in [0.717, 1.165) is 13.0 Å².